The van der Waals surface area contributed by atoms with E-state index in [0.717, 1.165) is 28.3 Å². The number of amides is 1. The Kier molecular flexibility index (Phi) is 6.29. The number of hydrogen-bond donors (Lipinski definition) is 0. The van der Waals surface area contributed by atoms with Crippen molar-refractivity contribution in [3.63, 3.8) is 0 Å². The Balaban J connectivity index is 1.52. The molecule has 0 bridgehead atoms. The Morgan fingerprint density at radius 1 is 0.833 bits per heavy atom. The normalized spacial score (nSPS) is 19.5. The highest BCUT2D eigenvalue weighted by atomic mass is 16.5. The molecule has 1 heterocycles. The lowest BCUT2D eigenvalue weighted by Gasteiger charge is -2.43. The summed E-state index contributed by atoms with van der Waals surface area (Å²) in [5.74, 6) is 1.87. The summed E-state index contributed by atoms with van der Waals surface area (Å²) in [4.78, 5) is 29.0. The van der Waals surface area contributed by atoms with Crippen molar-refractivity contribution in [2.45, 2.75) is 58.8 Å². The molecule has 36 heavy (non-hydrogen) atoms. The number of allylic oxidation sites excluding steroid dienone is 2. The SMILES string of the molecule is CC(C)c1ccc(C2CC(=O)N(c3ccc(Oc4ccccc4)cc3)C3=C2C(=O)CC(C)(C)C3)cc1. The molecule has 0 spiro atoms. The van der Waals surface area contributed by atoms with E-state index in [2.05, 4.69) is 52.0 Å². The van der Waals surface area contributed by atoms with E-state index < -0.39 is 0 Å². The number of nitrogens with zero attached hydrogens (tertiary/aromatic N) is 1. The highest BCUT2D eigenvalue weighted by Gasteiger charge is 2.44. The average molecular weight is 480 g/mol. The number of rotatable bonds is 5. The molecule has 1 aliphatic heterocycles. The molecule has 3 aromatic rings. The number of Topliss-reactive ketones (excluding diaryl/α,β-unsaturated/α-hetero) is 1. The molecular formula is C32H33NO3. The maximum atomic E-state index is 13.7. The number of para-hydroxylation sites is 1. The third-order valence-corrected chi connectivity index (χ3v) is 7.22. The van der Waals surface area contributed by atoms with E-state index in [1.807, 2.05) is 54.6 Å². The predicted molar refractivity (Wildman–Crippen MR) is 143 cm³/mol. The van der Waals surface area contributed by atoms with Gasteiger partial charge in [-0.1, -0.05) is 70.2 Å². The third-order valence-electron chi connectivity index (χ3n) is 7.22. The number of hydrogen-bond acceptors (Lipinski definition) is 3. The van der Waals surface area contributed by atoms with Crippen molar-refractivity contribution in [2.24, 2.45) is 5.41 Å². The average Bonchev–Trinajstić information content (AvgIpc) is 2.84. The molecule has 0 radical (unpaired) electrons. The fraction of sp³-hybridized carbons (Fsp3) is 0.312. The summed E-state index contributed by atoms with van der Waals surface area (Å²) in [7, 11) is 0. The number of carbonyl (C=O) groups excluding carboxylic acids is 2. The Labute approximate surface area is 213 Å². The van der Waals surface area contributed by atoms with Gasteiger partial charge in [0, 0.05) is 35.7 Å². The molecule has 4 nitrogen and oxygen atoms in total. The lowest BCUT2D eigenvalue weighted by atomic mass is 9.69. The maximum absolute atomic E-state index is 13.7. The zero-order chi connectivity index (χ0) is 25.4. The van der Waals surface area contributed by atoms with E-state index in [0.29, 0.717) is 24.5 Å². The van der Waals surface area contributed by atoms with Crippen LogP contribution in [0.25, 0.3) is 0 Å². The maximum Gasteiger partial charge on any atom is 0.232 e. The molecule has 184 valence electrons. The Hall–Kier alpha value is -3.66. The molecule has 0 aromatic heterocycles. The smallest absolute Gasteiger partial charge is 0.232 e. The second kappa shape index (κ2) is 9.42. The standard InChI is InChI=1S/C32H33NO3/c1-21(2)22-10-12-23(13-11-22)27-18-30(35)33(28-19-32(3,4)20-29(34)31(27)28)24-14-16-26(17-15-24)36-25-8-6-5-7-9-25/h5-17,21,27H,18-20H2,1-4H3. The Morgan fingerprint density at radius 3 is 2.11 bits per heavy atom. The van der Waals surface area contributed by atoms with Crippen molar-refractivity contribution < 1.29 is 14.3 Å². The number of anilines is 1. The zero-order valence-corrected chi connectivity index (χ0v) is 21.5. The van der Waals surface area contributed by atoms with Gasteiger partial charge in [0.2, 0.25) is 5.91 Å². The lowest BCUT2D eigenvalue weighted by molar-refractivity contribution is -0.121. The molecule has 0 saturated carbocycles. The van der Waals surface area contributed by atoms with Gasteiger partial charge in [0.15, 0.2) is 5.78 Å². The molecule has 0 N–H and O–H groups in total. The number of benzene rings is 3. The van der Waals surface area contributed by atoms with Crippen LogP contribution in [0.3, 0.4) is 0 Å². The van der Waals surface area contributed by atoms with Crippen molar-refractivity contribution in [3.8, 4) is 11.5 Å². The molecule has 1 aliphatic carbocycles. The van der Waals surface area contributed by atoms with Crippen LogP contribution in [0.1, 0.15) is 69.9 Å². The van der Waals surface area contributed by atoms with E-state index in [4.69, 9.17) is 4.74 Å². The summed E-state index contributed by atoms with van der Waals surface area (Å²) >= 11 is 0. The quantitative estimate of drug-likeness (QED) is 0.376. The lowest BCUT2D eigenvalue weighted by Crippen LogP contribution is -2.43. The largest absolute Gasteiger partial charge is 0.457 e. The van der Waals surface area contributed by atoms with Crippen molar-refractivity contribution in [3.05, 3.63) is 101 Å². The Bertz CT molecular complexity index is 1300. The Morgan fingerprint density at radius 2 is 1.47 bits per heavy atom. The van der Waals surface area contributed by atoms with Crippen LogP contribution < -0.4 is 9.64 Å². The monoisotopic (exact) mass is 479 g/mol. The van der Waals surface area contributed by atoms with E-state index in [1.54, 1.807) is 4.90 Å². The fourth-order valence-corrected chi connectivity index (χ4v) is 5.40. The van der Waals surface area contributed by atoms with Crippen molar-refractivity contribution >= 4 is 17.4 Å². The number of carbonyl (C=O) groups is 2. The first kappa shape index (κ1) is 24.1. The molecule has 0 fully saturated rings. The minimum Gasteiger partial charge on any atom is -0.457 e. The second-order valence-corrected chi connectivity index (χ2v) is 11.0. The summed E-state index contributed by atoms with van der Waals surface area (Å²) in [5, 5.41) is 0. The van der Waals surface area contributed by atoms with Crippen LogP contribution in [-0.2, 0) is 9.59 Å². The van der Waals surface area contributed by atoms with Crippen LogP contribution in [0, 0.1) is 5.41 Å². The topological polar surface area (TPSA) is 46.6 Å². The van der Waals surface area contributed by atoms with E-state index in [9.17, 15) is 9.59 Å². The number of ether oxygens (including phenoxy) is 1. The number of ketones is 1. The van der Waals surface area contributed by atoms with Gasteiger partial charge in [0.05, 0.1) is 0 Å². The van der Waals surface area contributed by atoms with Gasteiger partial charge in [-0.25, -0.2) is 0 Å². The summed E-state index contributed by atoms with van der Waals surface area (Å²) in [5.41, 5.74) is 4.52. The highest BCUT2D eigenvalue weighted by molar-refractivity contribution is 6.07. The first-order valence-electron chi connectivity index (χ1n) is 12.7. The molecule has 3 aromatic carbocycles. The minimum atomic E-state index is -0.200. The van der Waals surface area contributed by atoms with Gasteiger partial charge < -0.3 is 4.74 Å². The third kappa shape index (κ3) is 4.73. The summed E-state index contributed by atoms with van der Waals surface area (Å²) in [6, 6.07) is 25.6. The molecule has 1 atom stereocenters. The van der Waals surface area contributed by atoms with Gasteiger partial charge in [-0.2, -0.15) is 0 Å². The molecule has 1 amide bonds. The molecule has 0 saturated heterocycles. The zero-order valence-electron chi connectivity index (χ0n) is 21.5. The van der Waals surface area contributed by atoms with Crippen LogP contribution in [0.4, 0.5) is 5.69 Å². The summed E-state index contributed by atoms with van der Waals surface area (Å²) < 4.78 is 5.94. The molecule has 1 unspecified atom stereocenters. The molecule has 4 heteroatoms. The van der Waals surface area contributed by atoms with Gasteiger partial charge in [0.25, 0.3) is 0 Å². The van der Waals surface area contributed by atoms with Crippen molar-refractivity contribution in [2.75, 3.05) is 4.90 Å². The fourth-order valence-electron chi connectivity index (χ4n) is 5.40. The second-order valence-electron chi connectivity index (χ2n) is 11.0. The first-order valence-corrected chi connectivity index (χ1v) is 12.7. The van der Waals surface area contributed by atoms with Crippen LogP contribution in [0.15, 0.2) is 90.1 Å². The van der Waals surface area contributed by atoms with Gasteiger partial charge in [0.1, 0.15) is 11.5 Å². The summed E-state index contributed by atoms with van der Waals surface area (Å²) in [6.45, 7) is 8.55. The molecule has 2 aliphatic rings. The van der Waals surface area contributed by atoms with E-state index in [-0.39, 0.29) is 29.4 Å². The van der Waals surface area contributed by atoms with Gasteiger partial charge in [-0.3, -0.25) is 14.5 Å². The minimum absolute atomic E-state index is 0.0221. The van der Waals surface area contributed by atoms with Crippen molar-refractivity contribution in [1.29, 1.82) is 0 Å². The van der Waals surface area contributed by atoms with Gasteiger partial charge in [-0.05, 0) is 65.3 Å². The first-order chi connectivity index (χ1) is 17.2. The highest BCUT2D eigenvalue weighted by Crippen LogP contribution is 2.48. The van der Waals surface area contributed by atoms with Gasteiger partial charge >= 0.3 is 0 Å². The van der Waals surface area contributed by atoms with Crippen LogP contribution in [-0.4, -0.2) is 11.7 Å². The van der Waals surface area contributed by atoms with Crippen LogP contribution >= 0.6 is 0 Å². The molecular weight excluding hydrogens is 446 g/mol. The van der Waals surface area contributed by atoms with Crippen LogP contribution in [0.2, 0.25) is 0 Å². The summed E-state index contributed by atoms with van der Waals surface area (Å²) in [6.07, 6.45) is 1.47. The predicted octanol–water partition coefficient (Wildman–Crippen LogP) is 7.77. The van der Waals surface area contributed by atoms with Gasteiger partial charge in [-0.15, -0.1) is 0 Å². The van der Waals surface area contributed by atoms with E-state index in [1.165, 1.54) is 5.56 Å². The van der Waals surface area contributed by atoms with Crippen molar-refractivity contribution in [1.82, 2.24) is 0 Å². The van der Waals surface area contributed by atoms with Crippen LogP contribution in [0.5, 0.6) is 11.5 Å². The molecule has 5 rings (SSSR count). The van der Waals surface area contributed by atoms with E-state index >= 15 is 0 Å².